The molecule has 0 bridgehead atoms. The van der Waals surface area contributed by atoms with Gasteiger partial charge in [-0.25, -0.2) is 0 Å². The molecule has 0 aliphatic heterocycles. The fourth-order valence-corrected chi connectivity index (χ4v) is 2.32. The van der Waals surface area contributed by atoms with E-state index in [0.29, 0.717) is 0 Å². The van der Waals surface area contributed by atoms with Crippen LogP contribution in [0.25, 0.3) is 10.9 Å². The number of aromatic nitrogens is 1. The molecule has 0 N–H and O–H groups in total. The Morgan fingerprint density at radius 2 is 2.00 bits per heavy atom. The van der Waals surface area contributed by atoms with E-state index in [4.69, 9.17) is 0 Å². The topological polar surface area (TPSA) is 25.2 Å². The van der Waals surface area contributed by atoms with Gasteiger partial charge in [-0.3, -0.25) is 4.79 Å². The minimum absolute atomic E-state index is 0.0471. The maximum Gasteiger partial charge on any atom is 0.287 e. The molecule has 0 unspecified atom stereocenters. The lowest BCUT2D eigenvalue weighted by Crippen LogP contribution is -2.16. The van der Waals surface area contributed by atoms with E-state index in [-0.39, 0.29) is 5.24 Å². The zero-order valence-corrected chi connectivity index (χ0v) is 10.4. The number of hydrogen-bond donors (Lipinski definition) is 0. The number of thioether (sulfide) groups is 1. The molecule has 1 aromatic carbocycles. The van der Waals surface area contributed by atoms with Crippen LogP contribution >= 0.6 is 11.8 Å². The predicted octanol–water partition coefficient (Wildman–Crippen LogP) is 2.95. The number of aryl methyl sites for hydroxylation is 1. The quantitative estimate of drug-likeness (QED) is 0.709. The van der Waals surface area contributed by atoms with Crippen LogP contribution in [0.3, 0.4) is 0 Å². The average molecular weight is 234 g/mol. The summed E-state index contributed by atoms with van der Waals surface area (Å²) in [5, 5.41) is 2.19. The molecule has 0 saturated heterocycles. The summed E-state index contributed by atoms with van der Waals surface area (Å²) in [6, 6.07) is 10.2. The molecule has 0 atom stereocenters. The molecular formula is C12H14N2OS. The SMILES string of the molecule is CN(C)C(=O)Sc1cc2ccccc2n1C. The molecule has 0 saturated carbocycles. The number of rotatable bonds is 1. The van der Waals surface area contributed by atoms with E-state index in [1.807, 2.05) is 29.8 Å². The summed E-state index contributed by atoms with van der Waals surface area (Å²) in [6.45, 7) is 0. The lowest BCUT2D eigenvalue weighted by molar-refractivity contribution is 0.241. The van der Waals surface area contributed by atoms with Crippen molar-refractivity contribution >= 4 is 27.9 Å². The Hall–Kier alpha value is -1.42. The van der Waals surface area contributed by atoms with E-state index in [1.54, 1.807) is 19.0 Å². The zero-order valence-electron chi connectivity index (χ0n) is 9.60. The molecule has 16 heavy (non-hydrogen) atoms. The van der Waals surface area contributed by atoms with E-state index in [0.717, 1.165) is 10.5 Å². The van der Waals surface area contributed by atoms with Gasteiger partial charge in [-0.15, -0.1) is 0 Å². The Balaban J connectivity index is 2.38. The molecule has 0 spiro atoms. The summed E-state index contributed by atoms with van der Waals surface area (Å²) < 4.78 is 2.04. The van der Waals surface area contributed by atoms with Crippen molar-refractivity contribution in [2.24, 2.45) is 7.05 Å². The lowest BCUT2D eigenvalue weighted by Gasteiger charge is -2.09. The van der Waals surface area contributed by atoms with Gasteiger partial charge < -0.3 is 9.47 Å². The second kappa shape index (κ2) is 4.22. The molecule has 0 radical (unpaired) electrons. The molecule has 2 rings (SSSR count). The highest BCUT2D eigenvalue weighted by atomic mass is 32.2. The first-order valence-corrected chi connectivity index (χ1v) is 5.85. The van der Waals surface area contributed by atoms with Crippen molar-refractivity contribution < 1.29 is 4.79 Å². The van der Waals surface area contributed by atoms with Crippen LogP contribution in [0, 0.1) is 0 Å². The monoisotopic (exact) mass is 234 g/mol. The highest BCUT2D eigenvalue weighted by Crippen LogP contribution is 2.27. The fourth-order valence-electron chi connectivity index (χ4n) is 1.54. The van der Waals surface area contributed by atoms with Crippen LogP contribution in [-0.4, -0.2) is 28.8 Å². The summed E-state index contributed by atoms with van der Waals surface area (Å²) in [5.74, 6) is 0. The van der Waals surface area contributed by atoms with Gasteiger partial charge in [0.25, 0.3) is 5.24 Å². The van der Waals surface area contributed by atoms with E-state index in [1.165, 1.54) is 17.1 Å². The Kier molecular flexibility index (Phi) is 2.92. The molecule has 84 valence electrons. The molecule has 0 aliphatic carbocycles. The van der Waals surface area contributed by atoms with Crippen molar-refractivity contribution in [1.29, 1.82) is 0 Å². The summed E-state index contributed by atoms with van der Waals surface area (Å²) >= 11 is 1.25. The van der Waals surface area contributed by atoms with Crippen molar-refractivity contribution in [2.45, 2.75) is 5.03 Å². The summed E-state index contributed by atoms with van der Waals surface area (Å²) in [7, 11) is 5.50. The van der Waals surface area contributed by atoms with E-state index >= 15 is 0 Å². The van der Waals surface area contributed by atoms with Crippen molar-refractivity contribution in [1.82, 2.24) is 9.47 Å². The molecule has 0 fully saturated rings. The maximum absolute atomic E-state index is 11.6. The van der Waals surface area contributed by atoms with Crippen LogP contribution in [-0.2, 0) is 7.05 Å². The second-order valence-corrected chi connectivity index (χ2v) is 4.83. The van der Waals surface area contributed by atoms with Crippen LogP contribution in [0.2, 0.25) is 0 Å². The molecular weight excluding hydrogens is 220 g/mol. The average Bonchev–Trinajstić information content (AvgIpc) is 2.56. The normalized spacial score (nSPS) is 10.7. The highest BCUT2D eigenvalue weighted by Gasteiger charge is 2.11. The number of nitrogens with zero attached hydrogens (tertiary/aromatic N) is 2. The van der Waals surface area contributed by atoms with E-state index in [2.05, 4.69) is 12.1 Å². The molecule has 4 heteroatoms. The fraction of sp³-hybridized carbons (Fsp3) is 0.250. The second-order valence-electron chi connectivity index (χ2n) is 3.86. The molecule has 1 heterocycles. The van der Waals surface area contributed by atoms with Crippen molar-refractivity contribution in [3.05, 3.63) is 30.3 Å². The highest BCUT2D eigenvalue weighted by molar-refractivity contribution is 8.13. The summed E-state index contributed by atoms with van der Waals surface area (Å²) in [5.41, 5.74) is 1.15. The molecule has 1 amide bonds. The standard InChI is InChI=1S/C12H14N2OS/c1-13(2)12(15)16-11-8-9-6-4-5-7-10(9)14(11)3/h4-8H,1-3H3. The smallest absolute Gasteiger partial charge is 0.287 e. The van der Waals surface area contributed by atoms with Crippen molar-refractivity contribution in [3.63, 3.8) is 0 Å². The Bertz CT molecular complexity index is 531. The van der Waals surface area contributed by atoms with Crippen LogP contribution in [0.15, 0.2) is 35.4 Å². The van der Waals surface area contributed by atoms with Crippen LogP contribution in [0.4, 0.5) is 4.79 Å². The van der Waals surface area contributed by atoms with Gasteiger partial charge in [0.2, 0.25) is 0 Å². The number of carbonyl (C=O) groups is 1. The van der Waals surface area contributed by atoms with Crippen molar-refractivity contribution in [3.8, 4) is 0 Å². The van der Waals surface area contributed by atoms with E-state index in [9.17, 15) is 4.79 Å². The van der Waals surface area contributed by atoms with Gasteiger partial charge in [0.05, 0.1) is 5.03 Å². The van der Waals surface area contributed by atoms with Gasteiger partial charge in [0.15, 0.2) is 0 Å². The van der Waals surface area contributed by atoms with Gasteiger partial charge in [-0.2, -0.15) is 0 Å². The minimum Gasteiger partial charge on any atom is -0.339 e. The van der Waals surface area contributed by atoms with Crippen LogP contribution < -0.4 is 0 Å². The van der Waals surface area contributed by atoms with Gasteiger partial charge in [0, 0.05) is 32.0 Å². The van der Waals surface area contributed by atoms with Crippen molar-refractivity contribution in [2.75, 3.05) is 14.1 Å². The third-order valence-electron chi connectivity index (χ3n) is 2.46. The number of carbonyl (C=O) groups excluding carboxylic acids is 1. The third-order valence-corrected chi connectivity index (χ3v) is 3.61. The minimum atomic E-state index is 0.0471. The Morgan fingerprint density at radius 3 is 2.62 bits per heavy atom. The summed E-state index contributed by atoms with van der Waals surface area (Å²) in [4.78, 5) is 13.2. The first-order chi connectivity index (χ1) is 7.59. The molecule has 2 aromatic rings. The Morgan fingerprint density at radius 1 is 1.31 bits per heavy atom. The molecule has 1 aromatic heterocycles. The lowest BCUT2D eigenvalue weighted by atomic mass is 10.2. The summed E-state index contributed by atoms with van der Waals surface area (Å²) in [6.07, 6.45) is 0. The van der Waals surface area contributed by atoms with Gasteiger partial charge in [0.1, 0.15) is 0 Å². The number of fused-ring (bicyclic) bond motifs is 1. The maximum atomic E-state index is 11.6. The number of hydrogen-bond acceptors (Lipinski definition) is 2. The third kappa shape index (κ3) is 1.93. The zero-order chi connectivity index (χ0) is 11.7. The first kappa shape index (κ1) is 11.1. The van der Waals surface area contributed by atoms with E-state index < -0.39 is 0 Å². The van der Waals surface area contributed by atoms with Gasteiger partial charge in [-0.1, -0.05) is 18.2 Å². The van der Waals surface area contributed by atoms with Gasteiger partial charge >= 0.3 is 0 Å². The van der Waals surface area contributed by atoms with Crippen LogP contribution in [0.5, 0.6) is 0 Å². The Labute approximate surface area is 99.0 Å². The largest absolute Gasteiger partial charge is 0.339 e. The molecule has 0 aliphatic rings. The number of amides is 1. The predicted molar refractivity (Wildman–Crippen MR) is 67.9 cm³/mol. The number of para-hydroxylation sites is 1. The first-order valence-electron chi connectivity index (χ1n) is 5.03. The van der Waals surface area contributed by atoms with Crippen LogP contribution in [0.1, 0.15) is 0 Å². The molecule has 3 nitrogen and oxygen atoms in total. The number of benzene rings is 1. The van der Waals surface area contributed by atoms with Gasteiger partial charge in [-0.05, 0) is 23.9 Å².